The molecule has 0 aliphatic heterocycles. The van der Waals surface area contributed by atoms with E-state index in [1.807, 2.05) is 0 Å². The van der Waals surface area contributed by atoms with Gasteiger partial charge in [0.05, 0.1) is 35.6 Å². The van der Waals surface area contributed by atoms with E-state index in [2.05, 4.69) is 10.4 Å². The Labute approximate surface area is 176 Å². The number of rotatable bonds is 8. The molecule has 0 spiro atoms. The molecule has 1 atom stereocenters. The Hall–Kier alpha value is -3.28. The normalized spacial score (nSPS) is 11.6. The number of carbonyl (C=O) groups is 3. The van der Waals surface area contributed by atoms with Crippen molar-refractivity contribution in [2.75, 3.05) is 18.5 Å². The molecule has 2 rings (SSSR count). The summed E-state index contributed by atoms with van der Waals surface area (Å²) in [6, 6.07) is 0.337. The highest BCUT2D eigenvalue weighted by atomic mass is 32.1. The van der Waals surface area contributed by atoms with Gasteiger partial charge in [-0.25, -0.2) is 9.59 Å². The van der Waals surface area contributed by atoms with Crippen molar-refractivity contribution in [3.05, 3.63) is 37.9 Å². The van der Waals surface area contributed by atoms with Gasteiger partial charge in [0.25, 0.3) is 5.91 Å². The van der Waals surface area contributed by atoms with Crippen molar-refractivity contribution in [1.82, 2.24) is 9.78 Å². The van der Waals surface area contributed by atoms with Gasteiger partial charge in [-0.3, -0.25) is 4.79 Å². The molecule has 1 amide bonds. The van der Waals surface area contributed by atoms with Crippen molar-refractivity contribution in [3.8, 4) is 0 Å². The first-order chi connectivity index (χ1) is 14.1. The molecule has 0 fully saturated rings. The van der Waals surface area contributed by atoms with Gasteiger partial charge in [0.2, 0.25) is 0 Å². The summed E-state index contributed by atoms with van der Waals surface area (Å²) >= 11 is 0.898. The Balaban J connectivity index is 2.39. The summed E-state index contributed by atoms with van der Waals surface area (Å²) in [5.74, 6) is -2.25. The minimum Gasteiger partial charge on any atom is -0.462 e. The van der Waals surface area contributed by atoms with Crippen molar-refractivity contribution in [2.24, 2.45) is 0 Å². The number of nitrogens with one attached hydrogen (secondary N) is 1. The Bertz CT molecular complexity index is 995. The number of hydrogen-bond donors (Lipinski definition) is 1. The summed E-state index contributed by atoms with van der Waals surface area (Å²) in [6.45, 7) is 8.22. The number of nitro groups is 1. The summed E-state index contributed by atoms with van der Waals surface area (Å²) in [5.41, 5.74) is 0.823. The number of esters is 2. The third kappa shape index (κ3) is 4.64. The molecule has 0 saturated carbocycles. The van der Waals surface area contributed by atoms with E-state index in [1.165, 1.54) is 17.7 Å². The second-order valence-electron chi connectivity index (χ2n) is 6.21. The van der Waals surface area contributed by atoms with Crippen LogP contribution in [0.2, 0.25) is 0 Å². The van der Waals surface area contributed by atoms with Crippen molar-refractivity contribution in [2.45, 2.75) is 40.7 Å². The highest BCUT2D eigenvalue weighted by molar-refractivity contribution is 7.18. The number of carbonyl (C=O) groups excluding carboxylic acids is 3. The number of aromatic nitrogens is 2. The van der Waals surface area contributed by atoms with Crippen LogP contribution in [-0.2, 0) is 14.3 Å². The summed E-state index contributed by atoms with van der Waals surface area (Å²) < 4.78 is 11.3. The maximum atomic E-state index is 12.8. The zero-order valence-corrected chi connectivity index (χ0v) is 18.0. The summed E-state index contributed by atoms with van der Waals surface area (Å²) in [5, 5.41) is 17.5. The van der Waals surface area contributed by atoms with Gasteiger partial charge in [0.15, 0.2) is 0 Å². The average molecular weight is 438 g/mol. The van der Waals surface area contributed by atoms with E-state index < -0.39 is 28.8 Å². The third-order valence-electron chi connectivity index (χ3n) is 4.17. The molecular weight excluding hydrogens is 416 g/mol. The van der Waals surface area contributed by atoms with E-state index in [4.69, 9.17) is 9.47 Å². The van der Waals surface area contributed by atoms with E-state index in [0.717, 1.165) is 11.3 Å². The van der Waals surface area contributed by atoms with Gasteiger partial charge in [-0.1, -0.05) is 0 Å². The molecule has 0 saturated heterocycles. The van der Waals surface area contributed by atoms with E-state index in [-0.39, 0.29) is 34.5 Å². The Kier molecular flexibility index (Phi) is 7.27. The van der Waals surface area contributed by atoms with Crippen LogP contribution in [0.3, 0.4) is 0 Å². The number of thiophene rings is 1. The van der Waals surface area contributed by atoms with Crippen LogP contribution in [0, 0.1) is 24.0 Å². The van der Waals surface area contributed by atoms with Gasteiger partial charge in [-0.05, 0) is 45.1 Å². The first-order valence-electron chi connectivity index (χ1n) is 9.11. The predicted molar refractivity (Wildman–Crippen MR) is 108 cm³/mol. The van der Waals surface area contributed by atoms with Crippen LogP contribution in [0.1, 0.15) is 58.1 Å². The standard InChI is InChI=1S/C18H22N4O7S/c1-6-28-17(24)13-10(4)14(18(25)29-7-2)30-16(13)19-15(23)11(5)21-9(3)8-12(20-21)22(26)27/h8,11H,6-7H2,1-5H3,(H,19,23). The highest BCUT2D eigenvalue weighted by Crippen LogP contribution is 2.35. The Morgan fingerprint density at radius 2 is 1.83 bits per heavy atom. The topological polar surface area (TPSA) is 143 Å². The minimum absolute atomic E-state index is 0.0635. The number of anilines is 1. The molecule has 2 heterocycles. The minimum atomic E-state index is -0.915. The maximum absolute atomic E-state index is 12.8. The van der Waals surface area contributed by atoms with Crippen LogP contribution >= 0.6 is 11.3 Å². The number of ether oxygens (including phenoxy) is 2. The van der Waals surface area contributed by atoms with E-state index in [1.54, 1.807) is 27.7 Å². The van der Waals surface area contributed by atoms with Crippen molar-refractivity contribution in [3.63, 3.8) is 0 Å². The quantitative estimate of drug-likeness (QED) is 0.376. The molecule has 0 bridgehead atoms. The lowest BCUT2D eigenvalue weighted by Gasteiger charge is -2.12. The van der Waals surface area contributed by atoms with Crippen LogP contribution < -0.4 is 5.32 Å². The summed E-state index contributed by atoms with van der Waals surface area (Å²) in [7, 11) is 0. The zero-order chi connectivity index (χ0) is 22.6. The Morgan fingerprint density at radius 1 is 1.23 bits per heavy atom. The first-order valence-corrected chi connectivity index (χ1v) is 9.92. The summed E-state index contributed by atoms with van der Waals surface area (Å²) in [4.78, 5) is 47.9. The molecule has 162 valence electrons. The largest absolute Gasteiger partial charge is 0.462 e. The molecule has 0 aliphatic carbocycles. The molecule has 1 N–H and O–H groups in total. The fraction of sp³-hybridized carbons (Fsp3) is 0.444. The summed E-state index contributed by atoms with van der Waals surface area (Å²) in [6.07, 6.45) is 0. The molecule has 2 aromatic heterocycles. The maximum Gasteiger partial charge on any atom is 0.390 e. The fourth-order valence-electron chi connectivity index (χ4n) is 2.72. The van der Waals surface area contributed by atoms with Crippen LogP contribution in [0.4, 0.5) is 10.8 Å². The van der Waals surface area contributed by atoms with Crippen molar-refractivity contribution < 1.29 is 28.8 Å². The van der Waals surface area contributed by atoms with E-state index >= 15 is 0 Å². The number of hydrogen-bond acceptors (Lipinski definition) is 9. The Morgan fingerprint density at radius 3 is 2.37 bits per heavy atom. The molecule has 30 heavy (non-hydrogen) atoms. The van der Waals surface area contributed by atoms with Crippen LogP contribution in [0.5, 0.6) is 0 Å². The monoisotopic (exact) mass is 438 g/mol. The van der Waals surface area contributed by atoms with Gasteiger partial charge in [-0.15, -0.1) is 11.3 Å². The molecule has 12 heteroatoms. The molecular formula is C18H22N4O7S. The first kappa shape index (κ1) is 23.0. The predicted octanol–water partition coefficient (Wildman–Crippen LogP) is 3.02. The van der Waals surface area contributed by atoms with Gasteiger partial charge in [0.1, 0.15) is 15.9 Å². The van der Waals surface area contributed by atoms with Gasteiger partial charge in [-0.2, -0.15) is 4.68 Å². The third-order valence-corrected chi connectivity index (χ3v) is 5.35. The lowest BCUT2D eigenvalue weighted by molar-refractivity contribution is -0.389. The molecule has 2 aromatic rings. The molecule has 1 unspecified atom stereocenters. The molecule has 0 radical (unpaired) electrons. The average Bonchev–Trinajstić information content (AvgIpc) is 3.21. The molecule has 11 nitrogen and oxygen atoms in total. The lowest BCUT2D eigenvalue weighted by atomic mass is 10.1. The second-order valence-corrected chi connectivity index (χ2v) is 7.23. The zero-order valence-electron chi connectivity index (χ0n) is 17.2. The number of aryl methyl sites for hydroxylation is 1. The highest BCUT2D eigenvalue weighted by Gasteiger charge is 2.30. The van der Waals surface area contributed by atoms with Crippen LogP contribution in [0.25, 0.3) is 0 Å². The second kappa shape index (κ2) is 9.48. The molecule has 0 aromatic carbocycles. The van der Waals surface area contributed by atoms with Gasteiger partial charge >= 0.3 is 17.8 Å². The smallest absolute Gasteiger partial charge is 0.390 e. The molecule has 0 aliphatic rings. The van der Waals surface area contributed by atoms with Crippen LogP contribution in [0.15, 0.2) is 6.07 Å². The fourth-order valence-corrected chi connectivity index (χ4v) is 3.81. The van der Waals surface area contributed by atoms with Crippen LogP contribution in [-0.4, -0.2) is 45.8 Å². The number of amides is 1. The van der Waals surface area contributed by atoms with Crippen molar-refractivity contribution in [1.29, 1.82) is 0 Å². The van der Waals surface area contributed by atoms with Crippen molar-refractivity contribution >= 4 is 40.0 Å². The van der Waals surface area contributed by atoms with Gasteiger partial charge in [0, 0.05) is 0 Å². The van der Waals surface area contributed by atoms with E-state index in [0.29, 0.717) is 11.3 Å². The lowest BCUT2D eigenvalue weighted by Crippen LogP contribution is -2.25. The van der Waals surface area contributed by atoms with Gasteiger partial charge < -0.3 is 24.9 Å². The number of nitrogens with zero attached hydrogens (tertiary/aromatic N) is 3. The van der Waals surface area contributed by atoms with E-state index in [9.17, 15) is 24.5 Å². The SMILES string of the molecule is CCOC(=O)c1sc(NC(=O)C(C)n2nc([N+](=O)[O-])cc2C)c(C(=O)OCC)c1C.